The number of rotatable bonds is 28. The van der Waals surface area contributed by atoms with Crippen LogP contribution < -0.4 is 0 Å². The average molecular weight is 550 g/mol. The standard InChI is InChI=1S/C32H68P.C2N3/c1-5-9-13-17-18-19-20-21-22-23-24-28-32-33(29-25-14-10-6-2,30-26-15-11-7-3)31-27-16-12-8-4;1-4-5-2-3/h5-32H2,1-4H3;/q+1;-1. The third kappa shape index (κ3) is 29.9. The monoisotopic (exact) mass is 550 g/mol. The van der Waals surface area contributed by atoms with Gasteiger partial charge in [-0.15, -0.1) is 0 Å². The Morgan fingerprint density at radius 2 is 0.711 bits per heavy atom. The van der Waals surface area contributed by atoms with Gasteiger partial charge >= 0.3 is 0 Å². The fraction of sp³-hybridized carbons (Fsp3) is 0.941. The van der Waals surface area contributed by atoms with Crippen molar-refractivity contribution in [2.24, 2.45) is 5.10 Å². The van der Waals surface area contributed by atoms with Crippen LogP contribution in [0, 0.1) is 6.57 Å². The minimum absolute atomic E-state index is 0.697. The molecule has 0 rings (SSSR count). The highest BCUT2D eigenvalue weighted by Gasteiger charge is 2.34. The molecule has 0 amide bonds. The maximum absolute atomic E-state index is 7.44. The van der Waals surface area contributed by atoms with Gasteiger partial charge in [-0.3, -0.25) is 0 Å². The van der Waals surface area contributed by atoms with Crippen molar-refractivity contribution in [1.29, 1.82) is 0 Å². The minimum Gasteiger partial charge on any atom is -0.417 e. The zero-order valence-corrected chi connectivity index (χ0v) is 27.5. The lowest BCUT2D eigenvalue weighted by atomic mass is 10.1. The van der Waals surface area contributed by atoms with Gasteiger partial charge in [0.2, 0.25) is 0 Å². The molecule has 0 N–H and O–H groups in total. The lowest BCUT2D eigenvalue weighted by Crippen LogP contribution is -2.13. The van der Waals surface area contributed by atoms with Crippen molar-refractivity contribution in [2.75, 3.05) is 24.6 Å². The second kappa shape index (κ2) is 34.3. The van der Waals surface area contributed by atoms with Gasteiger partial charge in [0, 0.05) is 7.26 Å². The van der Waals surface area contributed by atoms with Crippen LogP contribution in [0.2, 0.25) is 0 Å². The van der Waals surface area contributed by atoms with E-state index in [9.17, 15) is 0 Å². The van der Waals surface area contributed by atoms with E-state index in [1.807, 2.05) is 0 Å². The highest BCUT2D eigenvalue weighted by atomic mass is 31.2. The molecule has 0 heterocycles. The molecule has 0 radical (unpaired) electrons. The van der Waals surface area contributed by atoms with Crippen molar-refractivity contribution < 1.29 is 0 Å². The van der Waals surface area contributed by atoms with Gasteiger partial charge < -0.3 is 5.41 Å². The fourth-order valence-corrected chi connectivity index (χ4v) is 10.5. The zero-order valence-electron chi connectivity index (χ0n) is 26.6. The van der Waals surface area contributed by atoms with E-state index in [-0.39, 0.29) is 0 Å². The van der Waals surface area contributed by atoms with Crippen molar-refractivity contribution in [2.45, 2.75) is 182 Å². The molecule has 4 heteroatoms. The molecule has 0 aromatic rings. The van der Waals surface area contributed by atoms with Crippen LogP contribution in [-0.4, -0.2) is 30.7 Å². The molecule has 0 aromatic carbocycles. The topological polar surface area (TPSA) is 39.0 Å². The average Bonchev–Trinajstić information content (AvgIpc) is 2.93. The first-order valence-electron chi connectivity index (χ1n) is 17.0. The molecule has 0 aromatic heterocycles. The van der Waals surface area contributed by atoms with Gasteiger partial charge in [-0.05, 0) is 51.4 Å². The Morgan fingerprint density at radius 3 is 0.921 bits per heavy atom. The van der Waals surface area contributed by atoms with Crippen molar-refractivity contribution in [3.8, 4) is 0 Å². The summed E-state index contributed by atoms with van der Waals surface area (Å²) in [6.45, 7) is 15.3. The molecular formula is C34H68N3P. The fourth-order valence-electron chi connectivity index (χ4n) is 5.60. The molecule has 3 nitrogen and oxygen atoms in total. The van der Waals surface area contributed by atoms with Crippen LogP contribution in [0.25, 0.3) is 10.4 Å². The van der Waals surface area contributed by atoms with Crippen LogP contribution in [0.4, 0.5) is 0 Å². The summed E-state index contributed by atoms with van der Waals surface area (Å²) in [5.74, 6) is 0. The third-order valence-electron chi connectivity index (χ3n) is 8.04. The van der Waals surface area contributed by atoms with E-state index in [4.69, 9.17) is 12.0 Å². The predicted octanol–water partition coefficient (Wildman–Crippen LogP) is 13.0. The maximum atomic E-state index is 7.44. The van der Waals surface area contributed by atoms with Crippen molar-refractivity contribution in [1.82, 2.24) is 0 Å². The molecule has 0 aliphatic carbocycles. The Morgan fingerprint density at radius 1 is 0.474 bits per heavy atom. The molecule has 38 heavy (non-hydrogen) atoms. The van der Waals surface area contributed by atoms with Crippen molar-refractivity contribution >= 4 is 13.3 Å². The van der Waals surface area contributed by atoms with Crippen LogP contribution in [-0.2, 0) is 0 Å². The Labute approximate surface area is 241 Å². The second-order valence-corrected chi connectivity index (χ2v) is 16.1. The summed E-state index contributed by atoms with van der Waals surface area (Å²) in [5, 5.41) is 10.0. The van der Waals surface area contributed by atoms with Crippen LogP contribution in [0.1, 0.15) is 182 Å². The first-order valence-corrected chi connectivity index (χ1v) is 19.5. The number of hydrogen-bond donors (Lipinski definition) is 0. The summed E-state index contributed by atoms with van der Waals surface area (Å²) in [6.07, 6.45) is 42.1. The summed E-state index contributed by atoms with van der Waals surface area (Å²) in [5.41, 5.74) is 0. The van der Waals surface area contributed by atoms with Gasteiger partial charge in [0.1, 0.15) is 0 Å². The van der Waals surface area contributed by atoms with Gasteiger partial charge in [0.25, 0.3) is 0 Å². The Balaban J connectivity index is 0. The van der Waals surface area contributed by atoms with Crippen LogP contribution in [0.5, 0.6) is 0 Å². The van der Waals surface area contributed by atoms with Crippen LogP contribution >= 0.6 is 7.26 Å². The van der Waals surface area contributed by atoms with E-state index in [0.717, 1.165) is 0 Å². The van der Waals surface area contributed by atoms with E-state index in [1.165, 1.54) is 134 Å². The van der Waals surface area contributed by atoms with Crippen molar-refractivity contribution in [3.63, 3.8) is 0 Å². The lowest BCUT2D eigenvalue weighted by Gasteiger charge is -2.28. The Bertz CT molecular complexity index is 505. The Kier molecular flexibility index (Phi) is 35.6. The molecule has 0 saturated heterocycles. The van der Waals surface area contributed by atoms with Gasteiger partial charge in [0.05, 0.1) is 24.6 Å². The highest BCUT2D eigenvalue weighted by molar-refractivity contribution is 7.75. The quantitative estimate of drug-likeness (QED) is 0.0306. The highest BCUT2D eigenvalue weighted by Crippen LogP contribution is 2.61. The van der Waals surface area contributed by atoms with E-state index >= 15 is 0 Å². The zero-order chi connectivity index (χ0) is 28.4. The van der Waals surface area contributed by atoms with E-state index < -0.39 is 7.26 Å². The number of nitrogens with zero attached hydrogens (tertiary/aromatic N) is 3. The van der Waals surface area contributed by atoms with Gasteiger partial charge in [-0.2, -0.15) is 0 Å². The summed E-state index contributed by atoms with van der Waals surface area (Å²) >= 11 is 0. The molecule has 0 saturated carbocycles. The number of unbranched alkanes of at least 4 members (excludes halogenated alkanes) is 20. The largest absolute Gasteiger partial charge is 0.417 e. The van der Waals surface area contributed by atoms with E-state index in [1.54, 1.807) is 50.3 Å². The molecule has 0 aliphatic heterocycles. The normalized spacial score (nSPS) is 10.9. The number of hydrogen-bond acceptors (Lipinski definition) is 1. The SMILES string of the molecule is CCCCCCCCCCCCCC[P+](CCCCCC)(CCCCCC)CCCCCC.[C-]#[N+]N=C=[N-]. The lowest BCUT2D eigenvalue weighted by molar-refractivity contribution is 0.548. The summed E-state index contributed by atoms with van der Waals surface area (Å²) in [4.78, 5) is 2.37. The minimum atomic E-state index is -0.697. The first-order chi connectivity index (χ1) is 18.7. The van der Waals surface area contributed by atoms with Gasteiger partial charge in [-0.1, -0.05) is 142 Å². The molecular weight excluding hydrogens is 481 g/mol. The van der Waals surface area contributed by atoms with E-state index in [0.29, 0.717) is 0 Å². The maximum Gasteiger partial charge on any atom is 0.0594 e. The summed E-state index contributed by atoms with van der Waals surface area (Å²) in [7, 11) is -0.697. The first kappa shape index (κ1) is 39.4. The van der Waals surface area contributed by atoms with Gasteiger partial charge in [0.15, 0.2) is 0 Å². The van der Waals surface area contributed by atoms with Crippen LogP contribution in [0.3, 0.4) is 0 Å². The Hall–Kier alpha value is -0.700. The molecule has 0 fully saturated rings. The molecule has 0 aliphatic rings. The van der Waals surface area contributed by atoms with E-state index in [2.05, 4.69) is 37.8 Å². The molecule has 224 valence electrons. The molecule has 0 bridgehead atoms. The van der Waals surface area contributed by atoms with Gasteiger partial charge in [-0.25, -0.2) is 11.5 Å². The van der Waals surface area contributed by atoms with Crippen LogP contribution in [0.15, 0.2) is 5.10 Å². The summed E-state index contributed by atoms with van der Waals surface area (Å²) < 4.78 is 0. The molecule has 0 unspecified atom stereocenters. The predicted molar refractivity (Wildman–Crippen MR) is 177 cm³/mol. The summed E-state index contributed by atoms with van der Waals surface area (Å²) in [6, 6.07) is 1.29. The second-order valence-electron chi connectivity index (χ2n) is 11.6. The molecule has 0 atom stereocenters. The third-order valence-corrected chi connectivity index (χ3v) is 13.1. The van der Waals surface area contributed by atoms with Crippen molar-refractivity contribution in [3.05, 3.63) is 16.9 Å². The molecule has 0 spiro atoms. The smallest absolute Gasteiger partial charge is 0.0594 e.